The molecule has 15 heavy (non-hydrogen) atoms. The second-order valence-corrected chi connectivity index (χ2v) is 4.78. The van der Waals surface area contributed by atoms with Crippen LogP contribution in [-0.4, -0.2) is 17.6 Å². The molecule has 0 saturated carbocycles. The fourth-order valence-electron chi connectivity index (χ4n) is 1.82. The Morgan fingerprint density at radius 1 is 1.33 bits per heavy atom. The van der Waals surface area contributed by atoms with Crippen LogP contribution < -0.4 is 9.47 Å². The van der Waals surface area contributed by atoms with Crippen LogP contribution in [-0.2, 0) is 0 Å². The van der Waals surface area contributed by atoms with Crippen LogP contribution in [0.3, 0.4) is 0 Å². The molecule has 0 N–H and O–H groups in total. The van der Waals surface area contributed by atoms with Crippen LogP contribution in [0.1, 0.15) is 0 Å². The molecule has 1 aliphatic rings. The summed E-state index contributed by atoms with van der Waals surface area (Å²) in [5.41, 5.74) is 1.10. The monoisotopic (exact) mass is 285 g/mol. The zero-order valence-electron chi connectivity index (χ0n) is 7.87. The predicted molar refractivity (Wildman–Crippen MR) is 65.7 cm³/mol. The van der Waals surface area contributed by atoms with Crippen molar-refractivity contribution in [1.82, 2.24) is 4.34 Å². The van der Waals surface area contributed by atoms with Crippen LogP contribution in [0.2, 0.25) is 0 Å². The van der Waals surface area contributed by atoms with Crippen molar-refractivity contribution in [2.45, 2.75) is 0 Å². The fraction of sp³-hybridized carbons (Fsp3) is 0.200. The van der Waals surface area contributed by atoms with E-state index in [1.54, 1.807) is 0 Å². The van der Waals surface area contributed by atoms with Gasteiger partial charge in [0.15, 0.2) is 11.5 Å². The summed E-state index contributed by atoms with van der Waals surface area (Å²) in [6, 6.07) is 3.98. The second-order valence-electron chi connectivity index (χ2n) is 3.37. The average molecular weight is 286 g/mol. The van der Waals surface area contributed by atoms with E-state index in [4.69, 9.17) is 9.47 Å². The van der Waals surface area contributed by atoms with Crippen molar-refractivity contribution in [3.05, 3.63) is 22.8 Å². The van der Waals surface area contributed by atoms with Gasteiger partial charge >= 0.3 is 0 Å². The van der Waals surface area contributed by atoms with Crippen LogP contribution >= 0.6 is 25.3 Å². The molecule has 0 saturated heterocycles. The number of ether oxygens (including phenoxy) is 2. The molecule has 78 valence electrons. The maximum Gasteiger partial charge on any atom is 0.170 e. The molecule has 0 aliphatic carbocycles. The van der Waals surface area contributed by atoms with E-state index in [-0.39, 0.29) is 0 Å². The molecule has 0 amide bonds. The number of hydrogen-bond acceptors (Lipinski definition) is 2. The minimum atomic E-state index is 0.617. The van der Waals surface area contributed by atoms with Gasteiger partial charge in [0.2, 0.25) is 0 Å². The molecule has 1 unspecified atom stereocenters. The number of benzene rings is 1. The smallest absolute Gasteiger partial charge is 0.170 e. The summed E-state index contributed by atoms with van der Waals surface area (Å²) >= 11 is 3.54. The van der Waals surface area contributed by atoms with E-state index >= 15 is 0 Å². The van der Waals surface area contributed by atoms with Crippen molar-refractivity contribution >= 4 is 36.2 Å². The molecule has 3 rings (SSSR count). The molecule has 2 aromatic rings. The van der Waals surface area contributed by atoms with Gasteiger partial charge in [0.1, 0.15) is 13.2 Å². The van der Waals surface area contributed by atoms with Gasteiger partial charge in [0.05, 0.1) is 5.52 Å². The first-order valence-electron chi connectivity index (χ1n) is 4.61. The molecular formula is C10H9BrNO2P. The van der Waals surface area contributed by atoms with Gasteiger partial charge in [0, 0.05) is 22.1 Å². The summed E-state index contributed by atoms with van der Waals surface area (Å²) in [6.07, 6.45) is 1.98. The van der Waals surface area contributed by atoms with Crippen molar-refractivity contribution in [2.75, 3.05) is 13.2 Å². The molecule has 0 spiro atoms. The molecule has 1 aromatic carbocycles. The van der Waals surface area contributed by atoms with Crippen molar-refractivity contribution in [1.29, 1.82) is 0 Å². The second kappa shape index (κ2) is 3.39. The van der Waals surface area contributed by atoms with Crippen LogP contribution in [0.4, 0.5) is 0 Å². The van der Waals surface area contributed by atoms with Gasteiger partial charge in [-0.25, -0.2) is 0 Å². The molecule has 1 aliphatic heterocycles. The maximum atomic E-state index is 5.64. The van der Waals surface area contributed by atoms with Gasteiger partial charge in [-0.3, -0.25) is 0 Å². The van der Waals surface area contributed by atoms with E-state index in [0.717, 1.165) is 26.9 Å². The number of hydrogen-bond donors (Lipinski definition) is 0. The molecule has 0 bridgehead atoms. The normalized spacial score (nSPS) is 14.5. The van der Waals surface area contributed by atoms with E-state index in [2.05, 4.69) is 25.3 Å². The van der Waals surface area contributed by atoms with E-state index in [1.807, 2.05) is 22.7 Å². The number of rotatable bonds is 0. The SMILES string of the molecule is Pn1ccc2c3c(cc(Br)c21)OCCO3. The molecule has 0 radical (unpaired) electrons. The maximum absolute atomic E-state index is 5.64. The van der Waals surface area contributed by atoms with Gasteiger partial charge < -0.3 is 13.8 Å². The summed E-state index contributed by atoms with van der Waals surface area (Å²) in [4.78, 5) is 0. The molecular weight excluding hydrogens is 277 g/mol. The molecule has 5 heteroatoms. The van der Waals surface area contributed by atoms with E-state index in [0.29, 0.717) is 13.2 Å². The number of halogens is 1. The Balaban J connectivity index is 2.40. The Labute approximate surface area is 97.7 Å². The minimum Gasteiger partial charge on any atom is -0.486 e. The lowest BCUT2D eigenvalue weighted by Crippen LogP contribution is -2.15. The number of nitrogens with zero attached hydrogens (tertiary/aromatic N) is 1. The van der Waals surface area contributed by atoms with Gasteiger partial charge in [-0.2, -0.15) is 0 Å². The highest BCUT2D eigenvalue weighted by Crippen LogP contribution is 2.42. The third-order valence-corrected chi connectivity index (χ3v) is 3.49. The molecule has 3 nitrogen and oxygen atoms in total. The van der Waals surface area contributed by atoms with Gasteiger partial charge in [-0.05, 0) is 31.4 Å². The van der Waals surface area contributed by atoms with E-state index < -0.39 is 0 Å². The summed E-state index contributed by atoms with van der Waals surface area (Å²) in [5, 5.41) is 1.08. The molecule has 2 heterocycles. The third-order valence-electron chi connectivity index (χ3n) is 2.45. The first kappa shape index (κ1) is 9.49. The van der Waals surface area contributed by atoms with E-state index in [1.165, 1.54) is 0 Å². The van der Waals surface area contributed by atoms with Crippen LogP contribution in [0.25, 0.3) is 10.9 Å². The summed E-state index contributed by atoms with van der Waals surface area (Å²) < 4.78 is 14.2. The third kappa shape index (κ3) is 1.35. The molecule has 1 aromatic heterocycles. The quantitative estimate of drug-likeness (QED) is 0.695. The van der Waals surface area contributed by atoms with Crippen LogP contribution in [0.15, 0.2) is 22.8 Å². The lowest BCUT2D eigenvalue weighted by atomic mass is 10.2. The van der Waals surface area contributed by atoms with Crippen molar-refractivity contribution < 1.29 is 9.47 Å². The Hall–Kier alpha value is -0.730. The predicted octanol–water partition coefficient (Wildman–Crippen LogP) is 2.81. The Morgan fingerprint density at radius 3 is 3.00 bits per heavy atom. The average Bonchev–Trinajstić information content (AvgIpc) is 2.62. The zero-order valence-corrected chi connectivity index (χ0v) is 10.6. The lowest BCUT2D eigenvalue weighted by molar-refractivity contribution is 0.174. The van der Waals surface area contributed by atoms with Gasteiger partial charge in [-0.15, -0.1) is 0 Å². The van der Waals surface area contributed by atoms with Gasteiger partial charge in [0.25, 0.3) is 0 Å². The number of fused-ring (bicyclic) bond motifs is 3. The Morgan fingerprint density at radius 2 is 2.13 bits per heavy atom. The molecule has 0 fully saturated rings. The summed E-state index contributed by atoms with van der Waals surface area (Å²) in [7, 11) is 2.65. The highest BCUT2D eigenvalue weighted by atomic mass is 79.9. The Kier molecular flexibility index (Phi) is 2.15. The van der Waals surface area contributed by atoms with Crippen LogP contribution in [0, 0.1) is 0 Å². The minimum absolute atomic E-state index is 0.617. The first-order chi connectivity index (χ1) is 7.27. The standard InChI is InChI=1S/C10H9BrNO2P/c11-7-5-8-10(14-4-3-13-8)6-1-2-12(15)9(6)7/h1-2,5H,3-4,15H2. The first-order valence-corrected chi connectivity index (χ1v) is 5.92. The summed E-state index contributed by atoms with van der Waals surface area (Å²) in [5.74, 6) is 1.66. The fourth-order valence-corrected chi connectivity index (χ4v) is 3.00. The van der Waals surface area contributed by atoms with Crippen molar-refractivity contribution in [2.24, 2.45) is 0 Å². The largest absolute Gasteiger partial charge is 0.486 e. The van der Waals surface area contributed by atoms with Crippen molar-refractivity contribution in [3.63, 3.8) is 0 Å². The zero-order chi connectivity index (χ0) is 10.4. The Bertz CT molecular complexity index is 538. The number of aromatic nitrogens is 1. The topological polar surface area (TPSA) is 23.4 Å². The van der Waals surface area contributed by atoms with Gasteiger partial charge in [-0.1, -0.05) is 0 Å². The van der Waals surface area contributed by atoms with Crippen molar-refractivity contribution in [3.8, 4) is 11.5 Å². The highest BCUT2D eigenvalue weighted by molar-refractivity contribution is 9.10. The van der Waals surface area contributed by atoms with Crippen LogP contribution in [0.5, 0.6) is 11.5 Å². The lowest BCUT2D eigenvalue weighted by Gasteiger charge is -2.19. The molecule has 1 atom stereocenters. The van der Waals surface area contributed by atoms with E-state index in [9.17, 15) is 0 Å². The highest BCUT2D eigenvalue weighted by Gasteiger charge is 2.18. The summed E-state index contributed by atoms with van der Waals surface area (Å²) in [6.45, 7) is 1.23.